The highest BCUT2D eigenvalue weighted by atomic mass is 16.7. The van der Waals surface area contributed by atoms with Crippen LogP contribution in [0.4, 0.5) is 0 Å². The second-order valence-corrected chi connectivity index (χ2v) is 3.29. The largest absolute Gasteiger partial charge is 0.473 e. The second-order valence-electron chi connectivity index (χ2n) is 3.29. The molecule has 0 saturated heterocycles. The van der Waals surface area contributed by atoms with Gasteiger partial charge >= 0.3 is 0 Å². The summed E-state index contributed by atoms with van der Waals surface area (Å²) in [6, 6.07) is 0. The number of hydrogen-bond donors (Lipinski definition) is 0. The van der Waals surface area contributed by atoms with Crippen LogP contribution < -0.4 is 0 Å². The molecule has 0 aromatic rings. The van der Waals surface area contributed by atoms with Gasteiger partial charge in [-0.25, -0.2) is 0 Å². The van der Waals surface area contributed by atoms with E-state index in [4.69, 9.17) is 9.47 Å². The van der Waals surface area contributed by atoms with E-state index in [1.807, 2.05) is 6.26 Å². The number of unbranched alkanes of at least 4 members (excludes halogenated alkanes) is 1. The van der Waals surface area contributed by atoms with E-state index in [9.17, 15) is 0 Å². The summed E-state index contributed by atoms with van der Waals surface area (Å²) in [4.78, 5) is 0. The molecule has 0 amide bonds. The van der Waals surface area contributed by atoms with Crippen LogP contribution in [-0.4, -0.2) is 12.9 Å². The van der Waals surface area contributed by atoms with Crippen molar-refractivity contribution in [1.82, 2.24) is 0 Å². The minimum Gasteiger partial charge on any atom is -0.473 e. The second kappa shape index (κ2) is 5.20. The third kappa shape index (κ3) is 3.26. The summed E-state index contributed by atoms with van der Waals surface area (Å²) in [5.74, 6) is 0. The van der Waals surface area contributed by atoms with Gasteiger partial charge in [0.1, 0.15) is 0 Å². The molecule has 1 rings (SSSR count). The fourth-order valence-corrected chi connectivity index (χ4v) is 1.15. The minimum absolute atomic E-state index is 0.0141. The highest BCUT2D eigenvalue weighted by Gasteiger charge is 2.12. The third-order valence-corrected chi connectivity index (χ3v) is 2.00. The van der Waals surface area contributed by atoms with Crippen molar-refractivity contribution in [2.75, 3.05) is 6.61 Å². The third-order valence-electron chi connectivity index (χ3n) is 2.00. The molecule has 1 atom stereocenters. The van der Waals surface area contributed by atoms with Gasteiger partial charge in [0.05, 0.1) is 12.9 Å². The molecule has 0 aliphatic carbocycles. The van der Waals surface area contributed by atoms with E-state index in [1.165, 1.54) is 12.0 Å². The van der Waals surface area contributed by atoms with Gasteiger partial charge < -0.3 is 9.47 Å². The molecule has 1 aliphatic rings. The molecule has 0 saturated carbocycles. The normalized spacial score (nSPS) is 23.2. The van der Waals surface area contributed by atoms with E-state index < -0.39 is 0 Å². The lowest BCUT2D eigenvalue weighted by Gasteiger charge is -2.21. The van der Waals surface area contributed by atoms with E-state index in [-0.39, 0.29) is 6.29 Å². The average Bonchev–Trinajstić information content (AvgIpc) is 2.09. The van der Waals surface area contributed by atoms with Gasteiger partial charge in [0.2, 0.25) is 0 Å². The molecule has 0 radical (unpaired) electrons. The average molecular weight is 170 g/mol. The van der Waals surface area contributed by atoms with E-state index in [2.05, 4.69) is 13.8 Å². The Bertz CT molecular complexity index is 152. The smallest absolute Gasteiger partial charge is 0.199 e. The highest BCUT2D eigenvalue weighted by molar-refractivity contribution is 4.95. The van der Waals surface area contributed by atoms with Crippen molar-refractivity contribution in [3.8, 4) is 0 Å². The maximum Gasteiger partial charge on any atom is 0.199 e. The molecule has 0 fully saturated rings. The van der Waals surface area contributed by atoms with Crippen LogP contribution in [0, 0.1) is 0 Å². The zero-order valence-electron chi connectivity index (χ0n) is 8.01. The van der Waals surface area contributed by atoms with Crippen molar-refractivity contribution >= 4 is 0 Å². The van der Waals surface area contributed by atoms with E-state index >= 15 is 0 Å². The maximum atomic E-state index is 5.50. The summed E-state index contributed by atoms with van der Waals surface area (Å²) < 4.78 is 10.9. The van der Waals surface area contributed by atoms with Crippen LogP contribution in [-0.2, 0) is 9.47 Å². The standard InChI is InChI=1S/C10H18O2/c1-3-4-7-11-10-6-5-9(2)8-12-10/h8,10H,3-7H2,1-2H3. The van der Waals surface area contributed by atoms with Crippen molar-refractivity contribution in [3.63, 3.8) is 0 Å². The zero-order chi connectivity index (χ0) is 8.81. The van der Waals surface area contributed by atoms with Gasteiger partial charge in [0, 0.05) is 6.42 Å². The molecule has 0 spiro atoms. The molecular formula is C10H18O2. The summed E-state index contributed by atoms with van der Waals surface area (Å²) in [5.41, 5.74) is 1.31. The molecule has 0 N–H and O–H groups in total. The van der Waals surface area contributed by atoms with Crippen LogP contribution in [0.2, 0.25) is 0 Å². The number of allylic oxidation sites excluding steroid dienone is 1. The lowest BCUT2D eigenvalue weighted by Crippen LogP contribution is -2.18. The topological polar surface area (TPSA) is 18.5 Å². The van der Waals surface area contributed by atoms with Crippen molar-refractivity contribution in [3.05, 3.63) is 11.8 Å². The van der Waals surface area contributed by atoms with Crippen LogP contribution in [0.3, 0.4) is 0 Å². The molecule has 1 heterocycles. The number of ether oxygens (including phenoxy) is 2. The van der Waals surface area contributed by atoms with Crippen LogP contribution in [0.15, 0.2) is 11.8 Å². The fourth-order valence-electron chi connectivity index (χ4n) is 1.15. The Morgan fingerprint density at radius 1 is 1.67 bits per heavy atom. The van der Waals surface area contributed by atoms with Crippen LogP contribution in [0.5, 0.6) is 0 Å². The van der Waals surface area contributed by atoms with Gasteiger partial charge in [-0.3, -0.25) is 0 Å². The van der Waals surface area contributed by atoms with Crippen LogP contribution in [0.1, 0.15) is 39.5 Å². The Hall–Kier alpha value is -0.500. The molecule has 70 valence electrons. The van der Waals surface area contributed by atoms with Gasteiger partial charge in [-0.2, -0.15) is 0 Å². The highest BCUT2D eigenvalue weighted by Crippen LogP contribution is 2.17. The number of rotatable bonds is 4. The monoisotopic (exact) mass is 170 g/mol. The van der Waals surface area contributed by atoms with Crippen molar-refractivity contribution in [2.24, 2.45) is 0 Å². The van der Waals surface area contributed by atoms with E-state index in [0.29, 0.717) is 0 Å². The molecule has 1 unspecified atom stereocenters. The molecule has 1 aliphatic heterocycles. The Kier molecular flexibility index (Phi) is 4.15. The minimum atomic E-state index is 0.0141. The summed E-state index contributed by atoms with van der Waals surface area (Å²) >= 11 is 0. The van der Waals surface area contributed by atoms with E-state index in [0.717, 1.165) is 25.9 Å². The lowest BCUT2D eigenvalue weighted by atomic mass is 10.1. The lowest BCUT2D eigenvalue weighted by molar-refractivity contribution is -0.117. The van der Waals surface area contributed by atoms with Crippen molar-refractivity contribution in [1.29, 1.82) is 0 Å². The number of hydrogen-bond acceptors (Lipinski definition) is 2. The van der Waals surface area contributed by atoms with Crippen LogP contribution in [0.25, 0.3) is 0 Å². The quantitative estimate of drug-likeness (QED) is 0.604. The molecule has 2 heteroatoms. The van der Waals surface area contributed by atoms with Gasteiger partial charge in [-0.1, -0.05) is 13.3 Å². The Balaban J connectivity index is 2.10. The first kappa shape index (κ1) is 9.59. The zero-order valence-corrected chi connectivity index (χ0v) is 8.01. The molecule has 0 bridgehead atoms. The van der Waals surface area contributed by atoms with Crippen molar-refractivity contribution < 1.29 is 9.47 Å². The first-order chi connectivity index (χ1) is 5.83. The molecule has 0 aromatic carbocycles. The SMILES string of the molecule is CCCCOC1CCC(C)=CO1. The predicted molar refractivity (Wildman–Crippen MR) is 48.7 cm³/mol. The summed E-state index contributed by atoms with van der Waals surface area (Å²) in [7, 11) is 0. The van der Waals surface area contributed by atoms with Gasteiger partial charge in [0.25, 0.3) is 0 Å². The first-order valence-electron chi connectivity index (χ1n) is 4.75. The Morgan fingerprint density at radius 2 is 2.50 bits per heavy atom. The van der Waals surface area contributed by atoms with Crippen LogP contribution >= 0.6 is 0 Å². The Labute approximate surface area is 74.6 Å². The molecule has 2 nitrogen and oxygen atoms in total. The summed E-state index contributed by atoms with van der Waals surface area (Å²) in [6.45, 7) is 5.07. The van der Waals surface area contributed by atoms with Gasteiger partial charge in [0.15, 0.2) is 6.29 Å². The Morgan fingerprint density at radius 3 is 3.08 bits per heavy atom. The van der Waals surface area contributed by atoms with Gasteiger partial charge in [-0.05, 0) is 25.3 Å². The summed E-state index contributed by atoms with van der Waals surface area (Å²) in [6.07, 6.45) is 6.26. The van der Waals surface area contributed by atoms with Crippen molar-refractivity contribution in [2.45, 2.75) is 45.8 Å². The summed E-state index contributed by atoms with van der Waals surface area (Å²) in [5, 5.41) is 0. The fraction of sp³-hybridized carbons (Fsp3) is 0.800. The van der Waals surface area contributed by atoms with Gasteiger partial charge in [-0.15, -0.1) is 0 Å². The van der Waals surface area contributed by atoms with E-state index in [1.54, 1.807) is 0 Å². The first-order valence-corrected chi connectivity index (χ1v) is 4.75. The molecule has 0 aromatic heterocycles. The molecule has 12 heavy (non-hydrogen) atoms. The molecular weight excluding hydrogens is 152 g/mol. The predicted octanol–water partition coefficient (Wildman–Crippen LogP) is 2.84. The maximum absolute atomic E-state index is 5.50.